The minimum absolute atomic E-state index is 0.653. The molecule has 4 heteroatoms. The summed E-state index contributed by atoms with van der Waals surface area (Å²) in [6.07, 6.45) is 3.35. The molecule has 1 heterocycles. The van der Waals surface area contributed by atoms with E-state index in [1.807, 2.05) is 30.6 Å². The fourth-order valence-corrected chi connectivity index (χ4v) is 3.96. The summed E-state index contributed by atoms with van der Waals surface area (Å²) in [5.41, 5.74) is 1.39. The van der Waals surface area contributed by atoms with Crippen LogP contribution in [0.1, 0.15) is 6.42 Å². The summed E-state index contributed by atoms with van der Waals surface area (Å²) in [4.78, 5) is 5.23. The van der Waals surface area contributed by atoms with Gasteiger partial charge in [0, 0.05) is 28.6 Å². The van der Waals surface area contributed by atoms with Crippen molar-refractivity contribution in [3.05, 3.63) is 18.2 Å². The molecule has 1 aromatic carbocycles. The molecular formula is C13H20N2S2. The van der Waals surface area contributed by atoms with Crippen molar-refractivity contribution in [2.24, 2.45) is 0 Å². The number of nitrogens with one attached hydrogen (secondary N) is 1. The molecule has 0 saturated heterocycles. The van der Waals surface area contributed by atoms with Crippen molar-refractivity contribution >= 4 is 29.2 Å². The topological polar surface area (TPSA) is 15.3 Å². The van der Waals surface area contributed by atoms with Crippen LogP contribution in [0.3, 0.4) is 0 Å². The van der Waals surface area contributed by atoms with Gasteiger partial charge in [-0.1, -0.05) is 0 Å². The number of hydrogen-bond donors (Lipinski definition) is 1. The van der Waals surface area contributed by atoms with E-state index < -0.39 is 0 Å². The Bertz CT molecular complexity index is 382. The number of thioether (sulfide) groups is 2. The van der Waals surface area contributed by atoms with E-state index in [9.17, 15) is 0 Å². The van der Waals surface area contributed by atoms with E-state index in [-0.39, 0.29) is 0 Å². The van der Waals surface area contributed by atoms with Gasteiger partial charge in [-0.25, -0.2) is 0 Å². The number of hydrogen-bond acceptors (Lipinski definition) is 4. The molecule has 1 aliphatic heterocycles. The van der Waals surface area contributed by atoms with Crippen LogP contribution in [-0.4, -0.2) is 38.7 Å². The Hall–Kier alpha value is -0.320. The second kappa shape index (κ2) is 6.03. The first-order valence-electron chi connectivity index (χ1n) is 5.94. The summed E-state index contributed by atoms with van der Waals surface area (Å²) in [7, 11) is 4.24. The zero-order valence-electron chi connectivity index (χ0n) is 10.7. The van der Waals surface area contributed by atoms with Crippen LogP contribution in [0.15, 0.2) is 28.0 Å². The molecule has 1 aromatic rings. The monoisotopic (exact) mass is 268 g/mol. The fraction of sp³-hybridized carbons (Fsp3) is 0.538. The summed E-state index contributed by atoms with van der Waals surface area (Å²) in [5.74, 6) is 1.20. The highest BCUT2D eigenvalue weighted by molar-refractivity contribution is 8.00. The second-order valence-corrected chi connectivity index (χ2v) is 6.24. The highest BCUT2D eigenvalue weighted by Crippen LogP contribution is 2.39. The van der Waals surface area contributed by atoms with Gasteiger partial charge >= 0.3 is 0 Å². The first-order chi connectivity index (χ1) is 8.26. The number of nitrogens with zero attached hydrogens (tertiary/aromatic N) is 1. The molecule has 0 aromatic heterocycles. The summed E-state index contributed by atoms with van der Waals surface area (Å²) >= 11 is 3.81. The molecule has 0 saturated carbocycles. The molecule has 0 radical (unpaired) electrons. The van der Waals surface area contributed by atoms with Gasteiger partial charge in [-0.05, 0) is 44.5 Å². The maximum absolute atomic E-state index is 3.24. The zero-order valence-corrected chi connectivity index (χ0v) is 12.3. The van der Waals surface area contributed by atoms with Gasteiger partial charge in [0.05, 0.1) is 5.69 Å². The summed E-state index contributed by atoms with van der Waals surface area (Å²) in [6.45, 7) is 1.09. The molecule has 0 fully saturated rings. The van der Waals surface area contributed by atoms with E-state index in [1.165, 1.54) is 27.7 Å². The van der Waals surface area contributed by atoms with Crippen molar-refractivity contribution in [1.82, 2.24) is 5.32 Å². The van der Waals surface area contributed by atoms with Crippen LogP contribution in [0.25, 0.3) is 0 Å². The number of anilines is 1. The van der Waals surface area contributed by atoms with Crippen LogP contribution in [0.4, 0.5) is 5.69 Å². The first-order valence-corrected chi connectivity index (χ1v) is 8.15. The van der Waals surface area contributed by atoms with Gasteiger partial charge in [0.25, 0.3) is 0 Å². The molecule has 17 heavy (non-hydrogen) atoms. The Morgan fingerprint density at radius 1 is 1.53 bits per heavy atom. The molecule has 1 aliphatic rings. The third-order valence-electron chi connectivity index (χ3n) is 3.25. The summed E-state index contributed by atoms with van der Waals surface area (Å²) < 4.78 is 0. The van der Waals surface area contributed by atoms with E-state index in [0.717, 1.165) is 6.54 Å². The Morgan fingerprint density at radius 3 is 3.06 bits per heavy atom. The highest BCUT2D eigenvalue weighted by atomic mass is 32.2. The van der Waals surface area contributed by atoms with Crippen LogP contribution in [0.5, 0.6) is 0 Å². The van der Waals surface area contributed by atoms with E-state index in [0.29, 0.717) is 6.04 Å². The maximum Gasteiger partial charge on any atom is 0.0505 e. The quantitative estimate of drug-likeness (QED) is 0.844. The van der Waals surface area contributed by atoms with Gasteiger partial charge in [0.15, 0.2) is 0 Å². The second-order valence-electron chi connectivity index (χ2n) is 4.30. The largest absolute Gasteiger partial charge is 0.370 e. The molecule has 2 nitrogen and oxygen atoms in total. The molecule has 94 valence electrons. The molecule has 0 aliphatic carbocycles. The van der Waals surface area contributed by atoms with E-state index in [4.69, 9.17) is 0 Å². The average Bonchev–Trinajstić information content (AvgIpc) is 2.37. The Kier molecular flexibility index (Phi) is 4.65. The van der Waals surface area contributed by atoms with Crippen LogP contribution in [0, 0.1) is 0 Å². The molecule has 2 rings (SSSR count). The van der Waals surface area contributed by atoms with Gasteiger partial charge in [-0.2, -0.15) is 0 Å². The van der Waals surface area contributed by atoms with Gasteiger partial charge in [-0.15, -0.1) is 23.5 Å². The lowest BCUT2D eigenvalue weighted by molar-refractivity contribution is 0.598. The summed E-state index contributed by atoms with van der Waals surface area (Å²) in [5, 5.41) is 3.24. The minimum atomic E-state index is 0.653. The number of benzene rings is 1. The molecule has 0 spiro atoms. The minimum Gasteiger partial charge on any atom is -0.370 e. The van der Waals surface area contributed by atoms with Crippen molar-refractivity contribution in [3.63, 3.8) is 0 Å². The van der Waals surface area contributed by atoms with Gasteiger partial charge in [-0.3, -0.25) is 0 Å². The lowest BCUT2D eigenvalue weighted by Crippen LogP contribution is -2.38. The third kappa shape index (κ3) is 2.92. The molecule has 0 bridgehead atoms. The van der Waals surface area contributed by atoms with Crippen LogP contribution >= 0.6 is 23.5 Å². The van der Waals surface area contributed by atoms with Crippen molar-refractivity contribution in [3.8, 4) is 0 Å². The Labute approximate surface area is 113 Å². The van der Waals surface area contributed by atoms with E-state index in [2.05, 4.69) is 41.7 Å². The lowest BCUT2D eigenvalue weighted by atomic mass is 10.1. The zero-order chi connectivity index (χ0) is 12.3. The number of fused-ring (bicyclic) bond motifs is 1. The SMILES string of the molecule is CNCCC1CSc2cc(SC)ccc2N1C. The van der Waals surface area contributed by atoms with E-state index >= 15 is 0 Å². The summed E-state index contributed by atoms with van der Waals surface area (Å²) in [6, 6.07) is 7.45. The third-order valence-corrected chi connectivity index (χ3v) is 5.17. The van der Waals surface area contributed by atoms with Crippen molar-refractivity contribution in [1.29, 1.82) is 0 Å². The lowest BCUT2D eigenvalue weighted by Gasteiger charge is -2.35. The van der Waals surface area contributed by atoms with Crippen molar-refractivity contribution in [2.45, 2.75) is 22.3 Å². The standard InChI is InChI=1S/C13H20N2S2/c1-14-7-6-10-9-17-13-8-11(16-3)4-5-12(13)15(10)2/h4-5,8,10,14H,6-7,9H2,1-3H3. The molecular weight excluding hydrogens is 248 g/mol. The average molecular weight is 268 g/mol. The molecule has 1 N–H and O–H groups in total. The molecule has 1 atom stereocenters. The van der Waals surface area contributed by atoms with Gasteiger partial charge in [0.2, 0.25) is 0 Å². The van der Waals surface area contributed by atoms with Crippen molar-refractivity contribution in [2.75, 3.05) is 37.5 Å². The fourth-order valence-electron chi connectivity index (χ4n) is 2.11. The Balaban J connectivity index is 2.15. The number of rotatable bonds is 4. The first kappa shape index (κ1) is 13.1. The highest BCUT2D eigenvalue weighted by Gasteiger charge is 2.23. The van der Waals surface area contributed by atoms with Gasteiger partial charge < -0.3 is 10.2 Å². The smallest absolute Gasteiger partial charge is 0.0505 e. The predicted molar refractivity (Wildman–Crippen MR) is 79.7 cm³/mol. The predicted octanol–water partition coefficient (Wildman–Crippen LogP) is 2.93. The maximum atomic E-state index is 3.24. The normalized spacial score (nSPS) is 19.2. The van der Waals surface area contributed by atoms with Crippen LogP contribution in [0.2, 0.25) is 0 Å². The van der Waals surface area contributed by atoms with Crippen LogP contribution in [-0.2, 0) is 0 Å². The van der Waals surface area contributed by atoms with Crippen LogP contribution < -0.4 is 10.2 Å². The van der Waals surface area contributed by atoms with Crippen molar-refractivity contribution < 1.29 is 0 Å². The Morgan fingerprint density at radius 2 is 2.35 bits per heavy atom. The van der Waals surface area contributed by atoms with E-state index in [1.54, 1.807) is 0 Å². The van der Waals surface area contributed by atoms with Gasteiger partial charge in [0.1, 0.15) is 0 Å². The molecule has 1 unspecified atom stereocenters. The molecule has 0 amide bonds.